The van der Waals surface area contributed by atoms with E-state index in [4.69, 9.17) is 4.74 Å². The highest BCUT2D eigenvalue weighted by Crippen LogP contribution is 2.32. The summed E-state index contributed by atoms with van der Waals surface area (Å²) < 4.78 is 5.20. The van der Waals surface area contributed by atoms with Crippen molar-refractivity contribution < 1.29 is 14.3 Å². The lowest BCUT2D eigenvalue weighted by molar-refractivity contribution is -0.112. The van der Waals surface area contributed by atoms with E-state index in [1.54, 1.807) is 20.8 Å². The fourth-order valence-electron chi connectivity index (χ4n) is 1.51. The van der Waals surface area contributed by atoms with Gasteiger partial charge in [0.25, 0.3) is 0 Å². The number of thiol groups is 1. The van der Waals surface area contributed by atoms with E-state index >= 15 is 0 Å². The maximum Gasteiger partial charge on any atom is 0.411 e. The second-order valence-corrected chi connectivity index (χ2v) is 5.51. The maximum atomic E-state index is 11.7. The minimum atomic E-state index is -0.984. The Bertz CT molecular complexity index is 274. The zero-order valence-corrected chi connectivity index (χ0v) is 10.2. The van der Waals surface area contributed by atoms with Gasteiger partial charge in [-0.25, -0.2) is 4.79 Å². The van der Waals surface area contributed by atoms with Crippen LogP contribution in [-0.4, -0.2) is 34.3 Å². The molecule has 0 aromatic carbocycles. The maximum absolute atomic E-state index is 11.7. The molecule has 0 N–H and O–H groups in total. The van der Waals surface area contributed by atoms with Crippen molar-refractivity contribution in [2.45, 2.75) is 44.1 Å². The summed E-state index contributed by atoms with van der Waals surface area (Å²) in [4.78, 5) is 23.0. The van der Waals surface area contributed by atoms with Crippen molar-refractivity contribution >= 4 is 25.0 Å². The number of hydrogen-bond acceptors (Lipinski definition) is 4. The zero-order valence-electron chi connectivity index (χ0n) is 9.32. The molecular weight excluding hydrogens is 214 g/mol. The Balaban J connectivity index is 2.72. The average Bonchev–Trinajstić information content (AvgIpc) is 2.45. The van der Waals surface area contributed by atoms with Gasteiger partial charge in [-0.15, -0.1) is 12.6 Å². The van der Waals surface area contributed by atoms with Gasteiger partial charge in [-0.2, -0.15) is 0 Å². The molecule has 5 heteroatoms. The van der Waals surface area contributed by atoms with Crippen LogP contribution in [0.4, 0.5) is 4.79 Å². The molecule has 86 valence electrons. The van der Waals surface area contributed by atoms with E-state index in [1.165, 1.54) is 4.90 Å². The molecule has 1 heterocycles. The van der Waals surface area contributed by atoms with Gasteiger partial charge in [0.05, 0.1) is 0 Å². The third kappa shape index (κ3) is 2.87. The van der Waals surface area contributed by atoms with Crippen LogP contribution in [0.2, 0.25) is 0 Å². The number of carbonyl (C=O) groups excluding carboxylic acids is 2. The number of amides is 1. The first-order valence-corrected chi connectivity index (χ1v) is 5.42. The normalized spacial score (nSPS) is 26.5. The van der Waals surface area contributed by atoms with E-state index in [0.29, 0.717) is 19.3 Å². The lowest BCUT2D eigenvalue weighted by Gasteiger charge is -2.31. The molecule has 0 aliphatic carbocycles. The lowest BCUT2D eigenvalue weighted by Crippen LogP contribution is -2.46. The van der Waals surface area contributed by atoms with Crippen LogP contribution in [0.25, 0.3) is 0 Å². The van der Waals surface area contributed by atoms with E-state index in [0.717, 1.165) is 6.42 Å². The number of ether oxygens (including phenoxy) is 1. The zero-order chi connectivity index (χ0) is 11.7. The first kappa shape index (κ1) is 12.4. The molecule has 15 heavy (non-hydrogen) atoms. The predicted octanol–water partition coefficient (Wildman–Crippen LogP) is 1.84. The number of aldehydes is 1. The molecule has 1 unspecified atom stereocenters. The second-order valence-electron chi connectivity index (χ2n) is 4.73. The Kier molecular flexibility index (Phi) is 3.33. The van der Waals surface area contributed by atoms with E-state index in [-0.39, 0.29) is 0 Å². The van der Waals surface area contributed by atoms with Crippen LogP contribution in [0.15, 0.2) is 0 Å². The molecular formula is C10H17NO3S. The molecule has 1 aliphatic heterocycles. The van der Waals surface area contributed by atoms with Crippen LogP contribution in [0, 0.1) is 0 Å². The number of rotatable bonds is 1. The highest BCUT2D eigenvalue weighted by Gasteiger charge is 2.42. The van der Waals surface area contributed by atoms with Crippen LogP contribution >= 0.6 is 12.6 Å². The number of likely N-dealkylation sites (tertiary alicyclic amines) is 1. The van der Waals surface area contributed by atoms with Crippen molar-refractivity contribution in [3.05, 3.63) is 0 Å². The quantitative estimate of drug-likeness (QED) is 0.553. The Labute approximate surface area is 95.4 Å². The van der Waals surface area contributed by atoms with Gasteiger partial charge in [0.1, 0.15) is 10.5 Å². The fraction of sp³-hybridized carbons (Fsp3) is 0.800. The molecule has 1 fully saturated rings. The van der Waals surface area contributed by atoms with E-state index in [1.807, 2.05) is 0 Å². The van der Waals surface area contributed by atoms with Crippen molar-refractivity contribution in [2.75, 3.05) is 6.54 Å². The summed E-state index contributed by atoms with van der Waals surface area (Å²) >= 11 is 4.22. The summed E-state index contributed by atoms with van der Waals surface area (Å²) in [5.41, 5.74) is -0.544. The van der Waals surface area contributed by atoms with E-state index in [9.17, 15) is 9.59 Å². The predicted molar refractivity (Wildman–Crippen MR) is 60.0 cm³/mol. The molecule has 1 aliphatic rings. The molecule has 0 spiro atoms. The van der Waals surface area contributed by atoms with Crippen LogP contribution in [0.5, 0.6) is 0 Å². The SMILES string of the molecule is CC(C)(C)OC(=O)N1CCCC1(S)C=O. The number of carbonyl (C=O) groups is 2. The number of nitrogens with zero attached hydrogens (tertiary/aromatic N) is 1. The molecule has 1 rings (SSSR count). The van der Waals surface area contributed by atoms with Gasteiger partial charge in [0.15, 0.2) is 6.29 Å². The third-order valence-electron chi connectivity index (χ3n) is 2.20. The largest absolute Gasteiger partial charge is 0.444 e. The second kappa shape index (κ2) is 4.04. The van der Waals surface area contributed by atoms with Gasteiger partial charge in [-0.3, -0.25) is 9.69 Å². The van der Waals surface area contributed by atoms with Gasteiger partial charge in [-0.1, -0.05) is 0 Å². The first-order chi connectivity index (χ1) is 6.78. The minimum absolute atomic E-state index is 0.470. The van der Waals surface area contributed by atoms with Gasteiger partial charge in [0.2, 0.25) is 0 Å². The van der Waals surface area contributed by atoms with Crippen molar-refractivity contribution in [2.24, 2.45) is 0 Å². The van der Waals surface area contributed by atoms with Crippen LogP contribution in [-0.2, 0) is 9.53 Å². The molecule has 0 bridgehead atoms. The summed E-state index contributed by atoms with van der Waals surface area (Å²) in [6, 6.07) is 0. The minimum Gasteiger partial charge on any atom is -0.444 e. The van der Waals surface area contributed by atoms with Crippen LogP contribution in [0.1, 0.15) is 33.6 Å². The molecule has 1 saturated heterocycles. The molecule has 1 amide bonds. The molecule has 0 aromatic heterocycles. The first-order valence-electron chi connectivity index (χ1n) is 4.98. The van der Waals surface area contributed by atoms with Gasteiger partial charge in [-0.05, 0) is 33.6 Å². The summed E-state index contributed by atoms with van der Waals surface area (Å²) in [6.45, 7) is 5.91. The Morgan fingerprint density at radius 2 is 2.13 bits per heavy atom. The van der Waals surface area contributed by atoms with Crippen molar-refractivity contribution in [1.82, 2.24) is 4.90 Å². The van der Waals surface area contributed by atoms with Crippen molar-refractivity contribution in [3.8, 4) is 0 Å². The Morgan fingerprint density at radius 1 is 1.53 bits per heavy atom. The molecule has 0 aromatic rings. The van der Waals surface area contributed by atoms with E-state index < -0.39 is 16.6 Å². The monoisotopic (exact) mass is 231 g/mol. The molecule has 0 radical (unpaired) electrons. The molecule has 1 atom stereocenters. The topological polar surface area (TPSA) is 46.6 Å². The van der Waals surface area contributed by atoms with Crippen molar-refractivity contribution in [3.63, 3.8) is 0 Å². The highest BCUT2D eigenvalue weighted by molar-refractivity contribution is 7.82. The average molecular weight is 231 g/mol. The van der Waals surface area contributed by atoms with Gasteiger partial charge < -0.3 is 4.74 Å². The van der Waals surface area contributed by atoms with E-state index in [2.05, 4.69) is 12.6 Å². The summed E-state index contributed by atoms with van der Waals surface area (Å²) in [7, 11) is 0. The Hall–Kier alpha value is -0.710. The van der Waals surface area contributed by atoms with Crippen LogP contribution in [0.3, 0.4) is 0 Å². The Morgan fingerprint density at radius 3 is 2.60 bits per heavy atom. The molecule has 4 nitrogen and oxygen atoms in total. The van der Waals surface area contributed by atoms with Gasteiger partial charge >= 0.3 is 6.09 Å². The highest BCUT2D eigenvalue weighted by atomic mass is 32.1. The van der Waals surface area contributed by atoms with Gasteiger partial charge in [0, 0.05) is 6.54 Å². The van der Waals surface area contributed by atoms with Crippen molar-refractivity contribution in [1.29, 1.82) is 0 Å². The number of hydrogen-bond donors (Lipinski definition) is 1. The molecule has 0 saturated carbocycles. The smallest absolute Gasteiger partial charge is 0.411 e. The summed E-state index contributed by atoms with van der Waals surface area (Å²) in [6.07, 6.45) is 1.59. The lowest BCUT2D eigenvalue weighted by atomic mass is 10.2. The summed E-state index contributed by atoms with van der Waals surface area (Å²) in [5.74, 6) is 0. The van der Waals surface area contributed by atoms with Crippen LogP contribution < -0.4 is 0 Å². The standard InChI is InChI=1S/C10H17NO3S/c1-9(2,3)14-8(13)11-6-4-5-10(11,15)7-12/h7,15H,4-6H2,1-3H3. The third-order valence-corrected chi connectivity index (χ3v) is 2.77. The fourth-order valence-corrected chi connectivity index (χ4v) is 1.85. The summed E-state index contributed by atoms with van der Waals surface area (Å²) in [5, 5.41) is 0.